The van der Waals surface area contributed by atoms with Crippen LogP contribution in [0.3, 0.4) is 0 Å². The van der Waals surface area contributed by atoms with Crippen molar-refractivity contribution < 1.29 is 3.23 Å². The molecule has 0 aromatic rings. The van der Waals surface area contributed by atoms with E-state index in [0.29, 0.717) is 0 Å². The van der Waals surface area contributed by atoms with Crippen molar-refractivity contribution in [2.75, 3.05) is 0 Å². The molecule has 0 unspecified atom stereocenters. The first-order valence-corrected chi connectivity index (χ1v) is 24.0. The van der Waals surface area contributed by atoms with E-state index in [2.05, 4.69) is 0 Å². The van der Waals surface area contributed by atoms with E-state index in [-0.39, 0.29) is 0 Å². The van der Waals surface area contributed by atoms with Crippen molar-refractivity contribution in [1.29, 1.82) is 0 Å². The molecule has 9 heteroatoms. The topological polar surface area (TPSA) is 0 Å². The fourth-order valence-corrected chi connectivity index (χ4v) is 0. The Labute approximate surface area is 75.3 Å². The van der Waals surface area contributed by atoms with Crippen molar-refractivity contribution in [3.63, 3.8) is 0 Å². The summed E-state index contributed by atoms with van der Waals surface area (Å²) in [4.78, 5) is 0. The van der Waals surface area contributed by atoms with Gasteiger partial charge in [0.25, 0.3) is 0 Å². The Hall–Kier alpha value is 3.06. The molecule has 0 spiro atoms. The summed E-state index contributed by atoms with van der Waals surface area (Å²) in [5, 5.41) is 0. The van der Waals surface area contributed by atoms with Gasteiger partial charge >= 0.3 is 76.7 Å². The first-order chi connectivity index (χ1) is 2.83. The first kappa shape index (κ1) is 12.1. The number of halogens is 8. The van der Waals surface area contributed by atoms with E-state index in [4.69, 9.17) is 73.5 Å². The summed E-state index contributed by atoms with van der Waals surface area (Å²) in [7, 11) is 40.7. The van der Waals surface area contributed by atoms with Crippen LogP contribution in [0.4, 0.5) is 0 Å². The van der Waals surface area contributed by atoms with Crippen molar-refractivity contribution in [3.8, 4) is 0 Å². The second-order valence-electron chi connectivity index (χ2n) is 1.79. The van der Waals surface area contributed by atoms with Crippen LogP contribution in [0, 0.1) is 0 Å². The van der Waals surface area contributed by atoms with Gasteiger partial charge in [0.15, 0.2) is 0 Å². The van der Waals surface area contributed by atoms with Crippen LogP contribution in [0.2, 0.25) is 0 Å². The maximum absolute atomic E-state index is 7.55. The van der Waals surface area contributed by atoms with Gasteiger partial charge in [-0.3, -0.25) is 0 Å². The summed E-state index contributed by atoms with van der Waals surface area (Å²) < 4.78 is -7.55. The Bertz CT molecular complexity index is 139. The Morgan fingerprint density at radius 1 is 0.444 bits per heavy atom. The van der Waals surface area contributed by atoms with E-state index >= 15 is 0 Å². The van der Waals surface area contributed by atoms with E-state index in [1.54, 1.807) is 0 Å². The molecule has 0 bridgehead atoms. The summed E-state index contributed by atoms with van der Waals surface area (Å²) in [6.07, 6.45) is 0. The SMILES string of the molecule is [Cl][Nb]([Cl])([Cl])([Cl])([Cl])([Cl])([Cl])[Cl]. The molecule has 9 heavy (non-hydrogen) atoms. The van der Waals surface area contributed by atoms with Crippen LogP contribution in [0.5, 0.6) is 0 Å². The monoisotopic (exact) mass is 373 g/mol. The molecular weight excluding hydrogens is 377 g/mol. The molecule has 0 radical (unpaired) electrons. The van der Waals surface area contributed by atoms with Crippen LogP contribution >= 0.6 is 73.5 Å². The minimum absolute atomic E-state index is 5.08. The van der Waals surface area contributed by atoms with Gasteiger partial charge in [-0.15, -0.1) is 0 Å². The molecule has 0 saturated carbocycles. The zero-order valence-electron chi connectivity index (χ0n) is 3.47. The molecule has 61 valence electrons. The summed E-state index contributed by atoms with van der Waals surface area (Å²) in [6, 6.07) is 0. The molecule has 0 nitrogen and oxygen atoms in total. The second kappa shape index (κ2) is 1.16. The molecule has 0 N–H and O–H groups in total. The molecule has 0 aliphatic heterocycles. The van der Waals surface area contributed by atoms with Gasteiger partial charge in [-0.2, -0.15) is 0 Å². The third kappa shape index (κ3) is 96.9. The number of hydrogen-bond acceptors (Lipinski definition) is 0. The molecule has 0 amide bonds. The molecular formula is Cl8Nb. The standard InChI is InChI=1S/8ClH.Nb/h8*1H;/q;;;;;;;;+8/p-8. The van der Waals surface area contributed by atoms with E-state index in [9.17, 15) is 0 Å². The quantitative estimate of drug-likeness (QED) is 0.489. The zero-order valence-corrected chi connectivity index (χ0v) is 11.7. The molecule has 0 heterocycles. The summed E-state index contributed by atoms with van der Waals surface area (Å²) in [5.74, 6) is 0. The first-order valence-electron chi connectivity index (χ1n) is 1.35. The van der Waals surface area contributed by atoms with Crippen LogP contribution in [-0.2, 0) is 3.23 Å². The molecule has 0 aliphatic rings. The Morgan fingerprint density at radius 2 is 0.444 bits per heavy atom. The van der Waals surface area contributed by atoms with Gasteiger partial charge in [-0.05, 0) is 0 Å². The van der Waals surface area contributed by atoms with Gasteiger partial charge in [-0.1, -0.05) is 0 Å². The van der Waals surface area contributed by atoms with Gasteiger partial charge in [0.05, 0.1) is 0 Å². The molecule has 0 saturated heterocycles. The van der Waals surface area contributed by atoms with E-state index in [1.807, 2.05) is 0 Å². The van der Waals surface area contributed by atoms with Crippen molar-refractivity contribution in [2.45, 2.75) is 0 Å². The molecule has 0 aliphatic carbocycles. The van der Waals surface area contributed by atoms with Gasteiger partial charge in [0, 0.05) is 0 Å². The van der Waals surface area contributed by atoms with Crippen molar-refractivity contribution in [3.05, 3.63) is 0 Å². The predicted octanol–water partition coefficient (Wildman–Crippen LogP) is 5.51. The average molecular weight is 377 g/mol. The number of hydrogen-bond donors (Lipinski definition) is 0. The van der Waals surface area contributed by atoms with Crippen LogP contribution in [0.1, 0.15) is 0 Å². The van der Waals surface area contributed by atoms with Crippen LogP contribution in [-0.4, -0.2) is 0 Å². The van der Waals surface area contributed by atoms with Crippen LogP contribution in [0.25, 0.3) is 0 Å². The summed E-state index contributed by atoms with van der Waals surface area (Å²) >= 11 is 0. The van der Waals surface area contributed by atoms with Crippen molar-refractivity contribution in [2.24, 2.45) is 0 Å². The van der Waals surface area contributed by atoms with Gasteiger partial charge < -0.3 is 0 Å². The fraction of sp³-hybridized carbons (Fsp3) is 0. The second-order valence-corrected chi connectivity index (χ2v) is 95.2. The van der Waals surface area contributed by atoms with Gasteiger partial charge in [0.1, 0.15) is 0 Å². The third-order valence-corrected chi connectivity index (χ3v) is 0. The van der Waals surface area contributed by atoms with E-state index < -0.39 is 3.23 Å². The predicted molar refractivity (Wildman–Crippen MR) is 46.8 cm³/mol. The van der Waals surface area contributed by atoms with E-state index in [1.165, 1.54) is 0 Å². The Morgan fingerprint density at radius 3 is 0.444 bits per heavy atom. The Balaban J connectivity index is 5.84. The van der Waals surface area contributed by atoms with Crippen LogP contribution < -0.4 is 0 Å². The maximum atomic E-state index is 5.08. The minimum atomic E-state index is -7.55. The number of rotatable bonds is 0. The fourth-order valence-electron chi connectivity index (χ4n) is 0. The molecule has 0 aromatic carbocycles. The molecule has 0 fully saturated rings. The normalized spacial score (nSPS) is 31.1. The van der Waals surface area contributed by atoms with Crippen LogP contribution in [0.15, 0.2) is 0 Å². The zero-order chi connectivity index (χ0) is 8.35. The summed E-state index contributed by atoms with van der Waals surface area (Å²) in [6.45, 7) is 0. The summed E-state index contributed by atoms with van der Waals surface area (Å²) in [5.41, 5.74) is 0. The average Bonchev–Trinajstić information content (AvgIpc) is 0.503. The van der Waals surface area contributed by atoms with Crippen molar-refractivity contribution in [1.82, 2.24) is 0 Å². The van der Waals surface area contributed by atoms with E-state index in [0.717, 1.165) is 0 Å². The molecule has 0 aromatic heterocycles. The van der Waals surface area contributed by atoms with Gasteiger partial charge in [0.2, 0.25) is 0 Å². The third-order valence-electron chi connectivity index (χ3n) is 0. The van der Waals surface area contributed by atoms with Gasteiger partial charge in [-0.25, -0.2) is 0 Å². The Kier molecular flexibility index (Phi) is 1.55. The van der Waals surface area contributed by atoms with Crippen molar-refractivity contribution >= 4 is 73.5 Å². The molecule has 0 rings (SSSR count). The molecule has 0 atom stereocenters.